The Kier molecular flexibility index (Phi) is 4.14. The van der Waals surface area contributed by atoms with Gasteiger partial charge in [0.2, 0.25) is 0 Å². The van der Waals surface area contributed by atoms with E-state index in [0.29, 0.717) is 23.4 Å². The average Bonchev–Trinajstić information content (AvgIpc) is 2.31. The highest BCUT2D eigenvalue weighted by Gasteiger charge is 2.35. The molecule has 2 N–H and O–H groups in total. The van der Waals surface area contributed by atoms with Gasteiger partial charge in [0.15, 0.2) is 0 Å². The molecule has 0 radical (unpaired) electrons. The summed E-state index contributed by atoms with van der Waals surface area (Å²) in [6.45, 7) is 9.70. The summed E-state index contributed by atoms with van der Waals surface area (Å²) in [7, 11) is 0. The summed E-state index contributed by atoms with van der Waals surface area (Å²) in [5, 5.41) is 0. The molecule has 2 aliphatic rings. The van der Waals surface area contributed by atoms with E-state index >= 15 is 0 Å². The highest BCUT2D eigenvalue weighted by atomic mass is 15.2. The zero-order chi connectivity index (χ0) is 12.5. The number of likely N-dealkylation sites (tertiary alicyclic amines) is 1. The standard InChI is InChI=1S/C15H30N2/c1-12-13(2)17(10-7-14(12)16)11-15(3)8-5-4-6-9-15/h12-14H,4-11,16H2,1-3H3. The number of hydrogen-bond acceptors (Lipinski definition) is 2. The Bertz CT molecular complexity index is 245. The molecule has 2 rings (SSSR count). The minimum absolute atomic E-state index is 0.417. The van der Waals surface area contributed by atoms with Crippen molar-refractivity contribution in [1.82, 2.24) is 4.90 Å². The number of hydrogen-bond donors (Lipinski definition) is 1. The van der Waals surface area contributed by atoms with Crippen LogP contribution in [0.25, 0.3) is 0 Å². The fourth-order valence-electron chi connectivity index (χ4n) is 3.75. The lowest BCUT2D eigenvalue weighted by Gasteiger charge is -2.46. The third-order valence-corrected chi connectivity index (χ3v) is 5.41. The average molecular weight is 238 g/mol. The lowest BCUT2D eigenvalue weighted by atomic mass is 9.74. The summed E-state index contributed by atoms with van der Waals surface area (Å²) in [4.78, 5) is 2.71. The Morgan fingerprint density at radius 2 is 1.82 bits per heavy atom. The molecule has 2 nitrogen and oxygen atoms in total. The molecule has 100 valence electrons. The highest BCUT2D eigenvalue weighted by molar-refractivity contribution is 4.90. The van der Waals surface area contributed by atoms with Crippen LogP contribution in [-0.2, 0) is 0 Å². The predicted molar refractivity (Wildman–Crippen MR) is 74.0 cm³/mol. The monoisotopic (exact) mass is 238 g/mol. The molecule has 3 atom stereocenters. The Balaban J connectivity index is 1.94. The molecule has 0 amide bonds. The van der Waals surface area contributed by atoms with Crippen LogP contribution in [0.15, 0.2) is 0 Å². The number of nitrogens with zero attached hydrogens (tertiary/aromatic N) is 1. The maximum Gasteiger partial charge on any atom is 0.0108 e. The van der Waals surface area contributed by atoms with Crippen LogP contribution in [0, 0.1) is 11.3 Å². The van der Waals surface area contributed by atoms with E-state index in [9.17, 15) is 0 Å². The van der Waals surface area contributed by atoms with E-state index in [2.05, 4.69) is 25.7 Å². The lowest BCUT2D eigenvalue weighted by Crippen LogP contribution is -2.54. The first-order valence-corrected chi connectivity index (χ1v) is 7.51. The van der Waals surface area contributed by atoms with Gasteiger partial charge in [0.05, 0.1) is 0 Å². The molecule has 0 spiro atoms. The maximum absolute atomic E-state index is 6.17. The molecule has 0 aromatic carbocycles. The van der Waals surface area contributed by atoms with Crippen LogP contribution in [0.1, 0.15) is 59.3 Å². The van der Waals surface area contributed by atoms with Crippen molar-refractivity contribution in [3.8, 4) is 0 Å². The van der Waals surface area contributed by atoms with Gasteiger partial charge in [0.25, 0.3) is 0 Å². The van der Waals surface area contributed by atoms with Crippen LogP contribution in [0.2, 0.25) is 0 Å². The van der Waals surface area contributed by atoms with Crippen LogP contribution in [0.4, 0.5) is 0 Å². The van der Waals surface area contributed by atoms with Crippen LogP contribution < -0.4 is 5.73 Å². The molecule has 3 unspecified atom stereocenters. The lowest BCUT2D eigenvalue weighted by molar-refractivity contribution is 0.0405. The topological polar surface area (TPSA) is 29.3 Å². The Labute approximate surface area is 107 Å². The number of nitrogens with two attached hydrogens (primary N) is 1. The van der Waals surface area contributed by atoms with Crippen molar-refractivity contribution >= 4 is 0 Å². The first-order chi connectivity index (χ1) is 8.02. The quantitative estimate of drug-likeness (QED) is 0.801. The second kappa shape index (κ2) is 5.27. The van der Waals surface area contributed by atoms with E-state index in [1.54, 1.807) is 0 Å². The molecular weight excluding hydrogens is 208 g/mol. The molecule has 1 saturated carbocycles. The minimum Gasteiger partial charge on any atom is -0.327 e. The largest absolute Gasteiger partial charge is 0.327 e. The molecule has 0 aromatic rings. The van der Waals surface area contributed by atoms with Gasteiger partial charge in [-0.2, -0.15) is 0 Å². The molecule has 1 aliphatic heterocycles. The molecule has 2 fully saturated rings. The molecule has 2 heteroatoms. The minimum atomic E-state index is 0.417. The fraction of sp³-hybridized carbons (Fsp3) is 1.00. The van der Waals surface area contributed by atoms with Gasteiger partial charge >= 0.3 is 0 Å². The SMILES string of the molecule is CC1C(N)CCN(CC2(C)CCCCC2)C1C. The molecule has 0 aromatic heterocycles. The van der Waals surface area contributed by atoms with Crippen molar-refractivity contribution in [2.45, 2.75) is 71.4 Å². The third kappa shape index (κ3) is 3.03. The van der Waals surface area contributed by atoms with Gasteiger partial charge in [0, 0.05) is 18.6 Å². The van der Waals surface area contributed by atoms with Gasteiger partial charge in [-0.05, 0) is 44.1 Å². The Morgan fingerprint density at radius 1 is 1.18 bits per heavy atom. The summed E-state index contributed by atoms with van der Waals surface area (Å²) in [5.41, 5.74) is 6.75. The van der Waals surface area contributed by atoms with Crippen LogP contribution >= 0.6 is 0 Å². The first kappa shape index (κ1) is 13.4. The van der Waals surface area contributed by atoms with E-state index in [4.69, 9.17) is 5.73 Å². The summed E-state index contributed by atoms with van der Waals surface area (Å²) < 4.78 is 0. The van der Waals surface area contributed by atoms with E-state index in [-0.39, 0.29) is 0 Å². The smallest absolute Gasteiger partial charge is 0.0108 e. The van der Waals surface area contributed by atoms with Crippen molar-refractivity contribution in [3.05, 3.63) is 0 Å². The fourth-order valence-corrected chi connectivity index (χ4v) is 3.75. The van der Waals surface area contributed by atoms with Crippen molar-refractivity contribution in [3.63, 3.8) is 0 Å². The van der Waals surface area contributed by atoms with Gasteiger partial charge in [-0.3, -0.25) is 4.90 Å². The van der Waals surface area contributed by atoms with E-state index in [1.165, 1.54) is 51.6 Å². The molecule has 1 saturated heterocycles. The van der Waals surface area contributed by atoms with Crippen molar-refractivity contribution in [2.75, 3.05) is 13.1 Å². The van der Waals surface area contributed by atoms with Gasteiger partial charge in [-0.15, -0.1) is 0 Å². The predicted octanol–water partition coefficient (Wildman–Crippen LogP) is 3.01. The summed E-state index contributed by atoms with van der Waals surface area (Å²) in [5.74, 6) is 0.649. The Morgan fingerprint density at radius 3 is 2.47 bits per heavy atom. The van der Waals surface area contributed by atoms with Gasteiger partial charge < -0.3 is 5.73 Å². The van der Waals surface area contributed by atoms with Gasteiger partial charge in [-0.1, -0.05) is 33.1 Å². The molecular formula is C15H30N2. The van der Waals surface area contributed by atoms with Crippen molar-refractivity contribution in [1.29, 1.82) is 0 Å². The molecule has 0 bridgehead atoms. The molecule has 17 heavy (non-hydrogen) atoms. The second-order valence-electron chi connectivity index (χ2n) is 6.89. The van der Waals surface area contributed by atoms with Crippen LogP contribution in [-0.4, -0.2) is 30.1 Å². The Hall–Kier alpha value is -0.0800. The van der Waals surface area contributed by atoms with Crippen molar-refractivity contribution in [2.24, 2.45) is 17.1 Å². The first-order valence-electron chi connectivity index (χ1n) is 7.51. The zero-order valence-electron chi connectivity index (χ0n) is 11.9. The summed E-state index contributed by atoms with van der Waals surface area (Å²) in [6, 6.07) is 1.08. The van der Waals surface area contributed by atoms with Crippen LogP contribution in [0.3, 0.4) is 0 Å². The number of rotatable bonds is 2. The third-order valence-electron chi connectivity index (χ3n) is 5.41. The van der Waals surface area contributed by atoms with Crippen LogP contribution in [0.5, 0.6) is 0 Å². The summed E-state index contributed by atoms with van der Waals surface area (Å²) in [6.07, 6.45) is 8.36. The van der Waals surface area contributed by atoms with E-state index < -0.39 is 0 Å². The summed E-state index contributed by atoms with van der Waals surface area (Å²) >= 11 is 0. The highest BCUT2D eigenvalue weighted by Crippen LogP contribution is 2.38. The van der Waals surface area contributed by atoms with E-state index in [0.717, 1.165) is 0 Å². The van der Waals surface area contributed by atoms with Gasteiger partial charge in [0.1, 0.15) is 0 Å². The molecule has 1 aliphatic carbocycles. The van der Waals surface area contributed by atoms with E-state index in [1.807, 2.05) is 0 Å². The number of piperidine rings is 1. The molecule has 1 heterocycles. The normalized spacial score (nSPS) is 39.2. The zero-order valence-corrected chi connectivity index (χ0v) is 11.9. The maximum atomic E-state index is 6.17. The van der Waals surface area contributed by atoms with Crippen molar-refractivity contribution < 1.29 is 0 Å². The second-order valence-corrected chi connectivity index (χ2v) is 6.89. The van der Waals surface area contributed by atoms with Gasteiger partial charge in [-0.25, -0.2) is 0 Å².